The second-order valence-corrected chi connectivity index (χ2v) is 12.2. The van der Waals surface area contributed by atoms with E-state index in [2.05, 4.69) is 0 Å². The zero-order valence-corrected chi connectivity index (χ0v) is 25.3. The minimum absolute atomic E-state index is 0.377. The summed E-state index contributed by atoms with van der Waals surface area (Å²) in [7, 11) is 0. The Morgan fingerprint density at radius 1 is 0.449 bits per heavy atom. The van der Waals surface area contributed by atoms with E-state index in [0.717, 1.165) is 0 Å². The molecule has 5 aliphatic heterocycles. The quantitative estimate of drug-likeness (QED) is 0.105. The maximum atomic E-state index is 11.5. The second-order valence-electron chi connectivity index (χ2n) is 12.2. The number of rotatable bonds is 9. The number of aliphatic hydroxyl groups is 12. The van der Waals surface area contributed by atoms with Crippen LogP contribution in [-0.2, 0) is 47.4 Å². The van der Waals surface area contributed by atoms with Gasteiger partial charge in [-0.25, -0.2) is 4.79 Å². The Bertz CT molecular complexity index is 1090. The molecule has 49 heavy (non-hydrogen) atoms. The Balaban J connectivity index is 1.16. The third-order valence-electron chi connectivity index (χ3n) is 8.78. The number of aliphatic carboxylic acids is 1. The van der Waals surface area contributed by atoms with Gasteiger partial charge in [-0.15, -0.1) is 0 Å². The van der Waals surface area contributed by atoms with Gasteiger partial charge in [-0.05, 0) is 0 Å². The summed E-state index contributed by atoms with van der Waals surface area (Å²) in [6.07, 6.45) is -36.4. The molecule has 5 fully saturated rings. The molecule has 0 bridgehead atoms. The first-order chi connectivity index (χ1) is 23.1. The number of carbonyl (C=O) groups is 1. The lowest BCUT2D eigenvalue weighted by Gasteiger charge is -2.46. The Morgan fingerprint density at radius 3 is 1.43 bits per heavy atom. The Labute approximate surface area is 275 Å². The van der Waals surface area contributed by atoms with Crippen LogP contribution < -0.4 is 0 Å². The summed E-state index contributed by atoms with van der Waals surface area (Å²) in [6.45, 7) is -1.90. The maximum Gasteiger partial charge on any atom is 0.335 e. The molecule has 0 radical (unpaired) electrons. The van der Waals surface area contributed by atoms with Crippen LogP contribution >= 0.6 is 0 Å². The Kier molecular flexibility index (Phi) is 12.8. The third-order valence-corrected chi connectivity index (χ3v) is 8.78. The zero-order valence-electron chi connectivity index (χ0n) is 25.3. The van der Waals surface area contributed by atoms with E-state index in [1.807, 2.05) is 0 Å². The van der Waals surface area contributed by atoms with Crippen LogP contribution in [0.1, 0.15) is 0 Å². The Morgan fingerprint density at radius 2 is 0.898 bits per heavy atom. The summed E-state index contributed by atoms with van der Waals surface area (Å²) >= 11 is 0. The van der Waals surface area contributed by atoms with Crippen molar-refractivity contribution in [2.75, 3.05) is 26.4 Å². The third kappa shape index (κ3) is 8.17. The standard InChI is InChI=1S/C26H42O23/c27-5-1-42-26(20(9(5)28)49-25-18(37)13(32)14(33)19(48-25)21(38)39)47-8-4-44-24(17(36)12(8)31)46-7-3-43-23(16(35)11(7)30)45-6-2-41-22(40)15(34)10(6)29/h5-20,22-37,40H,1-4H2,(H,38,39)/t5-,6-,7-,8-,9+,10+,11+,12+,13+,14+,15-,16-,17-,18-,19+,20-,22-,23+,24+,25-,26+/m1/s1. The molecule has 21 atom stereocenters. The average molecular weight is 723 g/mol. The predicted octanol–water partition coefficient (Wildman–Crippen LogP) is -9.28. The lowest BCUT2D eigenvalue weighted by molar-refractivity contribution is -0.374. The van der Waals surface area contributed by atoms with Gasteiger partial charge in [0.2, 0.25) is 0 Å². The van der Waals surface area contributed by atoms with Crippen molar-refractivity contribution in [3.63, 3.8) is 0 Å². The van der Waals surface area contributed by atoms with E-state index < -0.39 is 155 Å². The number of aliphatic hydroxyl groups excluding tert-OH is 12. The van der Waals surface area contributed by atoms with Crippen LogP contribution in [-0.4, -0.2) is 228 Å². The second kappa shape index (κ2) is 16.1. The molecule has 0 saturated carbocycles. The summed E-state index contributed by atoms with van der Waals surface area (Å²) in [5.74, 6) is -1.71. The van der Waals surface area contributed by atoms with Crippen LogP contribution in [0.4, 0.5) is 0 Å². The summed E-state index contributed by atoms with van der Waals surface area (Å²) in [5.41, 5.74) is 0. The number of hydrogen-bond donors (Lipinski definition) is 13. The van der Waals surface area contributed by atoms with Gasteiger partial charge in [-0.2, -0.15) is 0 Å². The van der Waals surface area contributed by atoms with Crippen LogP contribution in [0.3, 0.4) is 0 Å². The highest BCUT2D eigenvalue weighted by atomic mass is 16.8. The summed E-state index contributed by atoms with van der Waals surface area (Å²) in [6, 6.07) is 0. The van der Waals surface area contributed by atoms with E-state index in [4.69, 9.17) is 42.6 Å². The molecule has 5 rings (SSSR count). The van der Waals surface area contributed by atoms with Crippen molar-refractivity contribution >= 4 is 5.97 Å². The molecule has 0 amide bonds. The van der Waals surface area contributed by atoms with Gasteiger partial charge < -0.3 is 109 Å². The van der Waals surface area contributed by atoms with Gasteiger partial charge in [0.1, 0.15) is 91.6 Å². The average Bonchev–Trinajstić information content (AvgIpc) is 3.07. The summed E-state index contributed by atoms with van der Waals surface area (Å²) in [4.78, 5) is 11.5. The van der Waals surface area contributed by atoms with Crippen LogP contribution in [0.2, 0.25) is 0 Å². The smallest absolute Gasteiger partial charge is 0.335 e. The molecule has 0 aromatic heterocycles. The SMILES string of the molecule is O=C(O)[C@H]1O[C@H](O[C@H]2[C@H](O[C@@H]3CO[C@@H](O[C@@H]4CO[C@@H](O[C@@H]5CO[C@@H](O)[C@H](O)[C@H]5O)[C@H](O)[C@H]4O)[C@H](O)[C@H]3O)OC[C@@H](O)[C@@H]2O)[C@H](O)[C@@H](O)[C@@H]1O. The van der Waals surface area contributed by atoms with Crippen LogP contribution in [0.25, 0.3) is 0 Å². The first-order valence-corrected chi connectivity index (χ1v) is 15.2. The molecule has 23 heteroatoms. The van der Waals surface area contributed by atoms with Gasteiger partial charge in [0.05, 0.1) is 26.4 Å². The monoisotopic (exact) mass is 722 g/mol. The van der Waals surface area contributed by atoms with Crippen molar-refractivity contribution in [2.24, 2.45) is 0 Å². The molecule has 5 heterocycles. The van der Waals surface area contributed by atoms with Gasteiger partial charge in [-0.1, -0.05) is 0 Å². The van der Waals surface area contributed by atoms with E-state index in [1.54, 1.807) is 0 Å². The van der Waals surface area contributed by atoms with Gasteiger partial charge in [0, 0.05) is 0 Å². The maximum absolute atomic E-state index is 11.5. The minimum atomic E-state index is -2.05. The van der Waals surface area contributed by atoms with E-state index in [1.165, 1.54) is 0 Å². The van der Waals surface area contributed by atoms with Crippen LogP contribution in [0, 0.1) is 0 Å². The largest absolute Gasteiger partial charge is 0.479 e. The minimum Gasteiger partial charge on any atom is -0.479 e. The lowest BCUT2D eigenvalue weighted by atomic mass is 9.98. The van der Waals surface area contributed by atoms with Crippen molar-refractivity contribution in [3.05, 3.63) is 0 Å². The van der Waals surface area contributed by atoms with Crippen molar-refractivity contribution in [1.82, 2.24) is 0 Å². The normalized spacial score (nSPS) is 52.9. The molecule has 284 valence electrons. The fraction of sp³-hybridized carbons (Fsp3) is 0.962. The summed E-state index contributed by atoms with van der Waals surface area (Å²) in [5, 5.41) is 133. The van der Waals surface area contributed by atoms with Crippen LogP contribution in [0.5, 0.6) is 0 Å². The molecule has 0 aliphatic carbocycles. The van der Waals surface area contributed by atoms with Crippen LogP contribution in [0.15, 0.2) is 0 Å². The highest BCUT2D eigenvalue weighted by Gasteiger charge is 2.53. The molecule has 23 nitrogen and oxygen atoms in total. The predicted molar refractivity (Wildman–Crippen MR) is 143 cm³/mol. The molecule has 0 unspecified atom stereocenters. The number of ether oxygens (including phenoxy) is 9. The van der Waals surface area contributed by atoms with Crippen molar-refractivity contribution in [1.29, 1.82) is 0 Å². The number of hydrogen-bond acceptors (Lipinski definition) is 22. The first kappa shape index (κ1) is 38.9. The zero-order chi connectivity index (χ0) is 35.9. The van der Waals surface area contributed by atoms with E-state index >= 15 is 0 Å². The molecule has 0 aromatic carbocycles. The van der Waals surface area contributed by atoms with Gasteiger partial charge in [0.25, 0.3) is 0 Å². The fourth-order valence-electron chi connectivity index (χ4n) is 5.78. The van der Waals surface area contributed by atoms with Crippen molar-refractivity contribution < 1.29 is 114 Å². The number of carboxylic acid groups (broad SMARTS) is 1. The molecule has 0 spiro atoms. The topological polar surface area (TPSA) is 363 Å². The lowest BCUT2D eigenvalue weighted by Crippen LogP contribution is -2.64. The van der Waals surface area contributed by atoms with E-state index in [9.17, 15) is 71.2 Å². The fourth-order valence-corrected chi connectivity index (χ4v) is 5.78. The van der Waals surface area contributed by atoms with Crippen molar-refractivity contribution in [3.8, 4) is 0 Å². The van der Waals surface area contributed by atoms with E-state index in [0.29, 0.717) is 0 Å². The molecular weight excluding hydrogens is 680 g/mol. The van der Waals surface area contributed by atoms with Gasteiger partial charge in [0.15, 0.2) is 37.6 Å². The molecule has 5 aliphatic rings. The molecule has 5 saturated heterocycles. The number of carboxylic acids is 1. The molecule has 0 aromatic rings. The van der Waals surface area contributed by atoms with Gasteiger partial charge in [-0.3, -0.25) is 0 Å². The summed E-state index contributed by atoms with van der Waals surface area (Å²) < 4.78 is 48.2. The molecular formula is C26H42O23. The highest BCUT2D eigenvalue weighted by Crippen LogP contribution is 2.31. The van der Waals surface area contributed by atoms with Crippen molar-refractivity contribution in [2.45, 2.75) is 129 Å². The van der Waals surface area contributed by atoms with Gasteiger partial charge >= 0.3 is 5.97 Å². The Hall–Kier alpha value is -1.37. The first-order valence-electron chi connectivity index (χ1n) is 15.2. The highest BCUT2D eigenvalue weighted by molar-refractivity contribution is 5.73. The van der Waals surface area contributed by atoms with E-state index in [-0.39, 0.29) is 6.61 Å². The molecule has 13 N–H and O–H groups in total.